The predicted octanol–water partition coefficient (Wildman–Crippen LogP) is 3.75. The van der Waals surface area contributed by atoms with Crippen LogP contribution in [-0.2, 0) is 26.2 Å². The van der Waals surface area contributed by atoms with E-state index in [9.17, 15) is 13.2 Å². The molecule has 34 heavy (non-hydrogen) atoms. The Morgan fingerprint density at radius 3 is 2.56 bits per heavy atom. The standard InChI is InChI=1S/C25H26N2O6S/c1-17-7-12-23-22(13-17)27(34(29,30)21-10-8-20(32-3)9-11-21)15-24(33-23)25(28)26-19-6-4-5-18(14-19)16-31-2/h4-14,24H,15-16H2,1-3H3,(H,26,28). The van der Waals surface area contributed by atoms with E-state index in [0.29, 0.717) is 29.5 Å². The largest absolute Gasteiger partial charge is 0.497 e. The van der Waals surface area contributed by atoms with Gasteiger partial charge in [0.2, 0.25) is 0 Å². The first-order valence-corrected chi connectivity index (χ1v) is 12.1. The number of amides is 1. The molecule has 8 nitrogen and oxygen atoms in total. The van der Waals surface area contributed by atoms with Crippen LogP contribution in [0, 0.1) is 6.92 Å². The number of sulfonamides is 1. The lowest BCUT2D eigenvalue weighted by Crippen LogP contribution is -2.48. The molecule has 0 fully saturated rings. The molecule has 1 aliphatic rings. The number of hydrogen-bond donors (Lipinski definition) is 1. The third kappa shape index (κ3) is 4.85. The van der Waals surface area contributed by atoms with Crippen molar-refractivity contribution in [3.05, 3.63) is 77.9 Å². The second-order valence-corrected chi connectivity index (χ2v) is 9.77. The zero-order chi connectivity index (χ0) is 24.3. The Morgan fingerprint density at radius 2 is 1.85 bits per heavy atom. The summed E-state index contributed by atoms with van der Waals surface area (Å²) in [4.78, 5) is 13.2. The Balaban J connectivity index is 1.65. The molecular weight excluding hydrogens is 456 g/mol. The topological polar surface area (TPSA) is 94.2 Å². The average Bonchev–Trinajstić information content (AvgIpc) is 2.83. The number of carbonyl (C=O) groups is 1. The van der Waals surface area contributed by atoms with Gasteiger partial charge in [-0.05, 0) is 66.6 Å². The minimum absolute atomic E-state index is 0.0917. The van der Waals surface area contributed by atoms with E-state index in [2.05, 4.69) is 5.32 Å². The van der Waals surface area contributed by atoms with Gasteiger partial charge in [0.25, 0.3) is 15.9 Å². The van der Waals surface area contributed by atoms with Gasteiger partial charge in [-0.15, -0.1) is 0 Å². The van der Waals surface area contributed by atoms with E-state index in [0.717, 1.165) is 11.1 Å². The normalized spacial score (nSPS) is 15.3. The van der Waals surface area contributed by atoms with Crippen molar-refractivity contribution in [2.24, 2.45) is 0 Å². The third-order valence-corrected chi connectivity index (χ3v) is 7.22. The lowest BCUT2D eigenvalue weighted by atomic mass is 10.1. The summed E-state index contributed by atoms with van der Waals surface area (Å²) < 4.78 is 44.6. The van der Waals surface area contributed by atoms with Crippen LogP contribution < -0.4 is 19.1 Å². The summed E-state index contributed by atoms with van der Waals surface area (Å²) in [5.74, 6) is 0.420. The van der Waals surface area contributed by atoms with Crippen LogP contribution in [-0.4, -0.2) is 41.2 Å². The molecule has 1 amide bonds. The molecule has 9 heteroatoms. The maximum atomic E-state index is 13.6. The SMILES string of the molecule is COCc1cccc(NC(=O)C2CN(S(=O)(=O)c3ccc(OC)cc3)c3cc(C)ccc3O2)c1. The van der Waals surface area contributed by atoms with Gasteiger partial charge in [0.1, 0.15) is 11.5 Å². The minimum atomic E-state index is -3.97. The highest BCUT2D eigenvalue weighted by atomic mass is 32.2. The van der Waals surface area contributed by atoms with Crippen LogP contribution in [0.4, 0.5) is 11.4 Å². The zero-order valence-corrected chi connectivity index (χ0v) is 20.0. The lowest BCUT2D eigenvalue weighted by molar-refractivity contribution is -0.122. The summed E-state index contributed by atoms with van der Waals surface area (Å²) in [6.07, 6.45) is -1.05. The van der Waals surface area contributed by atoms with Crippen LogP contribution in [0.2, 0.25) is 0 Å². The van der Waals surface area contributed by atoms with Crippen LogP contribution >= 0.6 is 0 Å². The quantitative estimate of drug-likeness (QED) is 0.551. The number of nitrogens with zero attached hydrogens (tertiary/aromatic N) is 1. The first-order chi connectivity index (χ1) is 16.3. The third-order valence-electron chi connectivity index (χ3n) is 5.43. The molecular formula is C25H26N2O6S. The van der Waals surface area contributed by atoms with Gasteiger partial charge in [-0.3, -0.25) is 9.10 Å². The van der Waals surface area contributed by atoms with E-state index in [4.69, 9.17) is 14.2 Å². The number of hydrogen-bond acceptors (Lipinski definition) is 6. The number of carbonyl (C=O) groups excluding carboxylic acids is 1. The second kappa shape index (κ2) is 9.74. The Morgan fingerprint density at radius 1 is 1.09 bits per heavy atom. The summed E-state index contributed by atoms with van der Waals surface area (Å²) in [5.41, 5.74) is 2.73. The number of nitrogens with one attached hydrogen (secondary N) is 1. The number of aryl methyl sites for hydroxylation is 1. The molecule has 0 saturated heterocycles. The first kappa shape index (κ1) is 23.6. The van der Waals surface area contributed by atoms with Crippen molar-refractivity contribution in [2.75, 3.05) is 30.4 Å². The number of benzene rings is 3. The van der Waals surface area contributed by atoms with E-state index in [1.54, 1.807) is 43.5 Å². The van der Waals surface area contributed by atoms with E-state index >= 15 is 0 Å². The van der Waals surface area contributed by atoms with Crippen LogP contribution in [0.3, 0.4) is 0 Å². The molecule has 0 aliphatic carbocycles. The van der Waals surface area contributed by atoms with E-state index in [-0.39, 0.29) is 11.4 Å². The van der Waals surface area contributed by atoms with Crippen molar-refractivity contribution < 1.29 is 27.4 Å². The molecule has 0 radical (unpaired) electrons. The van der Waals surface area contributed by atoms with Gasteiger partial charge < -0.3 is 19.5 Å². The van der Waals surface area contributed by atoms with Crippen molar-refractivity contribution in [1.82, 2.24) is 0 Å². The van der Waals surface area contributed by atoms with Gasteiger partial charge in [-0.2, -0.15) is 0 Å². The minimum Gasteiger partial charge on any atom is -0.497 e. The predicted molar refractivity (Wildman–Crippen MR) is 129 cm³/mol. The highest BCUT2D eigenvalue weighted by Gasteiger charge is 2.37. The fourth-order valence-corrected chi connectivity index (χ4v) is 5.20. The Labute approximate surface area is 199 Å². The first-order valence-electron chi connectivity index (χ1n) is 10.6. The second-order valence-electron chi connectivity index (χ2n) is 7.91. The Kier molecular flexibility index (Phi) is 6.76. The summed E-state index contributed by atoms with van der Waals surface area (Å²) in [6.45, 7) is 2.10. The van der Waals surface area contributed by atoms with Crippen LogP contribution in [0.25, 0.3) is 0 Å². The maximum absolute atomic E-state index is 13.6. The Hall–Kier alpha value is -3.56. The van der Waals surface area contributed by atoms with Crippen molar-refractivity contribution in [2.45, 2.75) is 24.5 Å². The number of methoxy groups -OCH3 is 2. The summed E-state index contributed by atoms with van der Waals surface area (Å²) in [6, 6.07) is 18.6. The van der Waals surface area contributed by atoms with E-state index < -0.39 is 22.0 Å². The maximum Gasteiger partial charge on any atom is 0.267 e. The molecule has 0 saturated carbocycles. The fourth-order valence-electron chi connectivity index (χ4n) is 3.73. The molecule has 1 unspecified atom stereocenters. The molecule has 0 aromatic heterocycles. The monoisotopic (exact) mass is 482 g/mol. The number of ether oxygens (including phenoxy) is 3. The van der Waals surface area contributed by atoms with Gasteiger partial charge in [0.05, 0.1) is 30.8 Å². The van der Waals surface area contributed by atoms with Crippen molar-refractivity contribution >= 4 is 27.3 Å². The number of anilines is 2. The highest BCUT2D eigenvalue weighted by molar-refractivity contribution is 7.92. The van der Waals surface area contributed by atoms with Crippen molar-refractivity contribution in [1.29, 1.82) is 0 Å². The van der Waals surface area contributed by atoms with Gasteiger partial charge in [0.15, 0.2) is 6.10 Å². The van der Waals surface area contributed by atoms with Crippen LogP contribution in [0.1, 0.15) is 11.1 Å². The van der Waals surface area contributed by atoms with Gasteiger partial charge in [-0.1, -0.05) is 18.2 Å². The summed E-state index contributed by atoms with van der Waals surface area (Å²) in [5, 5.41) is 2.82. The van der Waals surface area contributed by atoms with Crippen LogP contribution in [0.15, 0.2) is 71.6 Å². The lowest BCUT2D eigenvalue weighted by Gasteiger charge is -2.35. The van der Waals surface area contributed by atoms with Gasteiger partial charge in [0, 0.05) is 12.8 Å². The number of fused-ring (bicyclic) bond motifs is 1. The zero-order valence-electron chi connectivity index (χ0n) is 19.1. The molecule has 1 atom stereocenters. The highest BCUT2D eigenvalue weighted by Crippen LogP contribution is 2.38. The van der Waals surface area contributed by atoms with Gasteiger partial charge >= 0.3 is 0 Å². The van der Waals surface area contributed by atoms with E-state index in [1.807, 2.05) is 25.1 Å². The van der Waals surface area contributed by atoms with Gasteiger partial charge in [-0.25, -0.2) is 8.42 Å². The smallest absolute Gasteiger partial charge is 0.267 e. The number of rotatable bonds is 7. The molecule has 0 spiro atoms. The molecule has 0 bridgehead atoms. The molecule has 1 aliphatic heterocycles. The average molecular weight is 483 g/mol. The molecule has 178 valence electrons. The summed E-state index contributed by atoms with van der Waals surface area (Å²) in [7, 11) is -0.861. The molecule has 1 heterocycles. The van der Waals surface area contributed by atoms with Crippen molar-refractivity contribution in [3.8, 4) is 11.5 Å². The molecule has 1 N–H and O–H groups in total. The molecule has 3 aromatic rings. The molecule has 3 aromatic carbocycles. The fraction of sp³-hybridized carbons (Fsp3) is 0.240. The van der Waals surface area contributed by atoms with Crippen LogP contribution in [0.5, 0.6) is 11.5 Å². The summed E-state index contributed by atoms with van der Waals surface area (Å²) >= 11 is 0. The Bertz CT molecular complexity index is 1290. The van der Waals surface area contributed by atoms with E-state index in [1.165, 1.54) is 23.5 Å². The van der Waals surface area contributed by atoms with Crippen molar-refractivity contribution in [3.63, 3.8) is 0 Å². The molecule has 4 rings (SSSR count).